The van der Waals surface area contributed by atoms with E-state index in [0.29, 0.717) is 6.04 Å². The minimum absolute atomic E-state index is 0.525. The molecule has 3 nitrogen and oxygen atoms in total. The second kappa shape index (κ2) is 6.63. The molecule has 1 aromatic heterocycles. The van der Waals surface area contributed by atoms with Crippen LogP contribution in [0.5, 0.6) is 0 Å². The van der Waals surface area contributed by atoms with E-state index in [9.17, 15) is 0 Å². The van der Waals surface area contributed by atoms with Crippen LogP contribution in [0.1, 0.15) is 32.3 Å². The van der Waals surface area contributed by atoms with Gasteiger partial charge in [-0.2, -0.15) is 0 Å². The summed E-state index contributed by atoms with van der Waals surface area (Å²) in [5.41, 5.74) is 2.79. The molecule has 1 saturated heterocycles. The molecule has 0 aliphatic carbocycles. The summed E-state index contributed by atoms with van der Waals surface area (Å²) in [7, 11) is 0. The maximum absolute atomic E-state index is 3.54. The standard InChI is InChI=1S/C18H27N3/c1-15(2)19-13-16-14-21(12-11-20-9-5-6-10-20)18-8-4-3-7-17(16)18/h3-4,7-8,14-15,19H,5-6,9-13H2,1-2H3. The molecule has 1 aliphatic rings. The Morgan fingerprint density at radius 2 is 1.86 bits per heavy atom. The minimum Gasteiger partial charge on any atom is -0.346 e. The molecule has 0 bridgehead atoms. The van der Waals surface area contributed by atoms with E-state index in [2.05, 4.69) is 59.1 Å². The Hall–Kier alpha value is -1.32. The Labute approximate surface area is 127 Å². The van der Waals surface area contributed by atoms with Crippen molar-refractivity contribution in [3.63, 3.8) is 0 Å². The lowest BCUT2D eigenvalue weighted by atomic mass is 10.2. The molecule has 0 spiro atoms. The van der Waals surface area contributed by atoms with E-state index >= 15 is 0 Å². The fraction of sp³-hybridized carbons (Fsp3) is 0.556. The van der Waals surface area contributed by atoms with Crippen molar-refractivity contribution in [2.45, 2.75) is 45.8 Å². The smallest absolute Gasteiger partial charge is 0.0484 e. The Kier molecular flexibility index (Phi) is 4.61. The van der Waals surface area contributed by atoms with Gasteiger partial charge in [0.2, 0.25) is 0 Å². The second-order valence-electron chi connectivity index (χ2n) is 6.45. The van der Waals surface area contributed by atoms with Gasteiger partial charge in [-0.3, -0.25) is 0 Å². The largest absolute Gasteiger partial charge is 0.346 e. The van der Waals surface area contributed by atoms with E-state index in [1.807, 2.05) is 0 Å². The summed E-state index contributed by atoms with van der Waals surface area (Å²) in [5, 5.41) is 4.94. The normalized spacial score (nSPS) is 16.3. The van der Waals surface area contributed by atoms with Crippen LogP contribution in [0.25, 0.3) is 10.9 Å². The first-order valence-corrected chi connectivity index (χ1v) is 8.26. The predicted molar refractivity (Wildman–Crippen MR) is 89.6 cm³/mol. The number of fused-ring (bicyclic) bond motifs is 1. The van der Waals surface area contributed by atoms with Gasteiger partial charge >= 0.3 is 0 Å². The summed E-state index contributed by atoms with van der Waals surface area (Å²) in [6, 6.07) is 9.31. The molecule has 0 saturated carbocycles. The van der Waals surface area contributed by atoms with Crippen molar-refractivity contribution in [1.82, 2.24) is 14.8 Å². The van der Waals surface area contributed by atoms with Crippen molar-refractivity contribution in [2.75, 3.05) is 19.6 Å². The highest BCUT2D eigenvalue weighted by Crippen LogP contribution is 2.21. The van der Waals surface area contributed by atoms with Gasteiger partial charge in [0.05, 0.1) is 0 Å². The van der Waals surface area contributed by atoms with Crippen molar-refractivity contribution in [3.05, 3.63) is 36.0 Å². The number of benzene rings is 1. The van der Waals surface area contributed by atoms with Crippen molar-refractivity contribution in [3.8, 4) is 0 Å². The zero-order valence-electron chi connectivity index (χ0n) is 13.3. The number of para-hydroxylation sites is 1. The highest BCUT2D eigenvalue weighted by atomic mass is 15.2. The number of aromatic nitrogens is 1. The third-order valence-corrected chi connectivity index (χ3v) is 4.43. The van der Waals surface area contributed by atoms with Gasteiger partial charge in [-0.25, -0.2) is 0 Å². The van der Waals surface area contributed by atoms with Crippen LogP contribution in [-0.4, -0.2) is 35.1 Å². The van der Waals surface area contributed by atoms with E-state index in [0.717, 1.165) is 13.1 Å². The summed E-state index contributed by atoms with van der Waals surface area (Å²) in [4.78, 5) is 2.58. The van der Waals surface area contributed by atoms with Gasteiger partial charge in [-0.15, -0.1) is 0 Å². The molecule has 21 heavy (non-hydrogen) atoms. The molecule has 3 rings (SSSR count). The molecule has 2 heterocycles. The van der Waals surface area contributed by atoms with E-state index in [4.69, 9.17) is 0 Å². The molecule has 2 aromatic rings. The van der Waals surface area contributed by atoms with Gasteiger partial charge in [0.15, 0.2) is 0 Å². The molecular formula is C18H27N3. The molecule has 0 radical (unpaired) electrons. The first kappa shape index (κ1) is 14.6. The monoisotopic (exact) mass is 285 g/mol. The quantitative estimate of drug-likeness (QED) is 0.879. The zero-order chi connectivity index (χ0) is 14.7. The van der Waals surface area contributed by atoms with Crippen LogP contribution in [0.3, 0.4) is 0 Å². The average molecular weight is 285 g/mol. The summed E-state index contributed by atoms with van der Waals surface area (Å²) < 4.78 is 2.44. The first-order valence-electron chi connectivity index (χ1n) is 8.26. The number of nitrogens with zero attached hydrogens (tertiary/aromatic N) is 2. The number of nitrogens with one attached hydrogen (secondary N) is 1. The zero-order valence-corrected chi connectivity index (χ0v) is 13.3. The lowest BCUT2D eigenvalue weighted by molar-refractivity contribution is 0.324. The summed E-state index contributed by atoms with van der Waals surface area (Å²) in [6.45, 7) is 10.2. The highest BCUT2D eigenvalue weighted by Gasteiger charge is 2.13. The molecular weight excluding hydrogens is 258 g/mol. The lowest BCUT2D eigenvalue weighted by Gasteiger charge is -2.15. The fourth-order valence-electron chi connectivity index (χ4n) is 3.22. The maximum Gasteiger partial charge on any atom is 0.0484 e. The SMILES string of the molecule is CC(C)NCc1cn(CCN2CCCC2)c2ccccc12. The summed E-state index contributed by atoms with van der Waals surface area (Å²) in [5.74, 6) is 0. The number of likely N-dealkylation sites (tertiary alicyclic amines) is 1. The molecule has 1 N–H and O–H groups in total. The molecule has 114 valence electrons. The number of hydrogen-bond donors (Lipinski definition) is 1. The van der Waals surface area contributed by atoms with Crippen molar-refractivity contribution in [2.24, 2.45) is 0 Å². The summed E-state index contributed by atoms with van der Waals surface area (Å²) in [6.07, 6.45) is 5.09. The van der Waals surface area contributed by atoms with E-state index < -0.39 is 0 Å². The summed E-state index contributed by atoms with van der Waals surface area (Å²) >= 11 is 0. The van der Waals surface area contributed by atoms with Crippen LogP contribution in [0.2, 0.25) is 0 Å². The van der Waals surface area contributed by atoms with Gasteiger partial charge in [0.25, 0.3) is 0 Å². The fourth-order valence-corrected chi connectivity index (χ4v) is 3.22. The van der Waals surface area contributed by atoms with Crippen LogP contribution in [0.4, 0.5) is 0 Å². The van der Waals surface area contributed by atoms with Crippen LogP contribution in [-0.2, 0) is 13.1 Å². The van der Waals surface area contributed by atoms with Crippen LogP contribution < -0.4 is 5.32 Å². The minimum atomic E-state index is 0.525. The molecule has 0 unspecified atom stereocenters. The van der Waals surface area contributed by atoms with Crippen LogP contribution >= 0.6 is 0 Å². The highest BCUT2D eigenvalue weighted by molar-refractivity contribution is 5.83. The van der Waals surface area contributed by atoms with Crippen molar-refractivity contribution in [1.29, 1.82) is 0 Å². The first-order chi connectivity index (χ1) is 10.2. The van der Waals surface area contributed by atoms with Gasteiger partial charge in [-0.1, -0.05) is 32.0 Å². The van der Waals surface area contributed by atoms with Crippen LogP contribution in [0, 0.1) is 0 Å². The van der Waals surface area contributed by atoms with Crippen molar-refractivity contribution < 1.29 is 0 Å². The number of hydrogen-bond acceptors (Lipinski definition) is 2. The third kappa shape index (κ3) is 3.47. The van der Waals surface area contributed by atoms with E-state index in [1.165, 1.54) is 48.9 Å². The van der Waals surface area contributed by atoms with Gasteiger partial charge in [0.1, 0.15) is 0 Å². The molecule has 0 amide bonds. The van der Waals surface area contributed by atoms with Gasteiger partial charge < -0.3 is 14.8 Å². The topological polar surface area (TPSA) is 20.2 Å². The van der Waals surface area contributed by atoms with Gasteiger partial charge in [-0.05, 0) is 37.6 Å². The van der Waals surface area contributed by atoms with Gasteiger partial charge in [0, 0.05) is 42.8 Å². The van der Waals surface area contributed by atoms with Crippen LogP contribution in [0.15, 0.2) is 30.5 Å². The van der Waals surface area contributed by atoms with E-state index in [-0.39, 0.29) is 0 Å². The Morgan fingerprint density at radius 3 is 2.62 bits per heavy atom. The molecule has 1 aromatic carbocycles. The predicted octanol–water partition coefficient (Wildman–Crippen LogP) is 3.24. The Bertz CT molecular complexity index is 579. The van der Waals surface area contributed by atoms with Crippen molar-refractivity contribution >= 4 is 10.9 Å². The maximum atomic E-state index is 3.54. The third-order valence-electron chi connectivity index (χ3n) is 4.43. The lowest BCUT2D eigenvalue weighted by Crippen LogP contribution is -2.24. The molecule has 3 heteroatoms. The average Bonchev–Trinajstić information content (AvgIpc) is 3.11. The molecule has 1 aliphatic heterocycles. The number of rotatable bonds is 6. The second-order valence-corrected chi connectivity index (χ2v) is 6.45. The Balaban J connectivity index is 1.77. The molecule has 1 fully saturated rings. The Morgan fingerprint density at radius 1 is 1.10 bits per heavy atom. The molecule has 0 atom stereocenters. The van der Waals surface area contributed by atoms with E-state index in [1.54, 1.807) is 0 Å².